The summed E-state index contributed by atoms with van der Waals surface area (Å²) >= 11 is 0. The van der Waals surface area contributed by atoms with Crippen LogP contribution >= 0.6 is 0 Å². The van der Waals surface area contributed by atoms with Crippen molar-refractivity contribution in [2.75, 3.05) is 13.1 Å². The smallest absolute Gasteiger partial charge is 0.418 e. The Kier molecular flexibility index (Phi) is 5.33. The molecule has 0 radical (unpaired) electrons. The average Bonchev–Trinajstić information content (AvgIpc) is 3.30. The summed E-state index contributed by atoms with van der Waals surface area (Å²) < 4.78 is 50.6. The van der Waals surface area contributed by atoms with Gasteiger partial charge in [-0.05, 0) is 57.1 Å². The van der Waals surface area contributed by atoms with Crippen LogP contribution in [-0.4, -0.2) is 44.5 Å². The first-order valence-electron chi connectivity index (χ1n) is 9.78. The Morgan fingerprint density at radius 1 is 1.29 bits per heavy atom. The van der Waals surface area contributed by atoms with E-state index >= 15 is 0 Å². The summed E-state index contributed by atoms with van der Waals surface area (Å²) in [5.74, 6) is -2.33. The number of fused-ring (bicyclic) bond motifs is 1. The van der Waals surface area contributed by atoms with Crippen molar-refractivity contribution in [3.8, 4) is 11.7 Å². The van der Waals surface area contributed by atoms with Crippen LogP contribution in [0.5, 0.6) is 5.75 Å². The van der Waals surface area contributed by atoms with E-state index in [1.807, 2.05) is 0 Å². The molecule has 1 aliphatic rings. The highest BCUT2D eigenvalue weighted by Crippen LogP contribution is 2.31. The molecule has 3 heterocycles. The largest absolute Gasteiger partial charge is 0.491 e. The molecule has 1 aliphatic heterocycles. The number of para-hydroxylation sites is 1. The Hall–Kier alpha value is -3.15. The molecule has 1 N–H and O–H groups in total. The van der Waals surface area contributed by atoms with Crippen molar-refractivity contribution in [2.24, 2.45) is 0 Å². The van der Waals surface area contributed by atoms with Gasteiger partial charge in [0.15, 0.2) is 5.75 Å². The molecule has 12 heteroatoms. The highest BCUT2D eigenvalue weighted by molar-refractivity contribution is 5.88. The molecule has 2 aromatic heterocycles. The van der Waals surface area contributed by atoms with Gasteiger partial charge in [0.25, 0.3) is 5.95 Å². The van der Waals surface area contributed by atoms with Gasteiger partial charge in [-0.2, -0.15) is 18.2 Å². The van der Waals surface area contributed by atoms with E-state index in [0.717, 1.165) is 30.5 Å². The molecule has 0 spiro atoms. The number of piperidine rings is 1. The lowest BCUT2D eigenvalue weighted by Gasteiger charge is -2.18. The number of ether oxygens (including phenoxy) is 1. The lowest BCUT2D eigenvalue weighted by atomic mass is 9.98. The van der Waals surface area contributed by atoms with Gasteiger partial charge in [0, 0.05) is 12.0 Å². The summed E-state index contributed by atoms with van der Waals surface area (Å²) in [5, 5.41) is 7.16. The van der Waals surface area contributed by atoms with Gasteiger partial charge in [-0.3, -0.25) is 4.57 Å². The number of hydrogen-bond acceptors (Lipinski definition) is 7. The van der Waals surface area contributed by atoms with E-state index in [0.29, 0.717) is 5.89 Å². The van der Waals surface area contributed by atoms with E-state index in [2.05, 4.69) is 20.2 Å². The van der Waals surface area contributed by atoms with E-state index in [1.165, 1.54) is 22.8 Å². The van der Waals surface area contributed by atoms with Crippen molar-refractivity contribution in [3.05, 3.63) is 34.6 Å². The summed E-state index contributed by atoms with van der Waals surface area (Å²) in [6.45, 7) is 4.99. The van der Waals surface area contributed by atoms with E-state index in [-0.39, 0.29) is 28.6 Å². The molecule has 9 nitrogen and oxygen atoms in total. The van der Waals surface area contributed by atoms with Gasteiger partial charge >= 0.3 is 17.8 Å². The molecule has 0 unspecified atom stereocenters. The number of halogens is 3. The van der Waals surface area contributed by atoms with E-state index in [1.54, 1.807) is 13.8 Å². The SMILES string of the molecule is CC(C)n1c(=O)n(-c2noc(C3CCNCC3)n2)c2cccc(OC(=O)C(F)(F)F)c21. The second kappa shape index (κ2) is 7.84. The molecule has 166 valence electrons. The molecule has 0 aliphatic carbocycles. The third-order valence-corrected chi connectivity index (χ3v) is 5.13. The highest BCUT2D eigenvalue weighted by Gasteiger charge is 2.42. The molecule has 0 bridgehead atoms. The second-order valence-electron chi connectivity index (χ2n) is 7.55. The third kappa shape index (κ3) is 3.82. The summed E-state index contributed by atoms with van der Waals surface area (Å²) in [5.41, 5.74) is -0.352. The zero-order chi connectivity index (χ0) is 22.3. The van der Waals surface area contributed by atoms with Crippen LogP contribution in [0.2, 0.25) is 0 Å². The number of hydrogen-bond donors (Lipinski definition) is 1. The predicted molar refractivity (Wildman–Crippen MR) is 102 cm³/mol. The number of rotatable bonds is 4. The van der Waals surface area contributed by atoms with Crippen molar-refractivity contribution in [2.45, 2.75) is 44.8 Å². The molecule has 4 rings (SSSR count). The van der Waals surface area contributed by atoms with Gasteiger partial charge < -0.3 is 14.6 Å². The number of nitrogens with one attached hydrogen (secondary N) is 1. The third-order valence-electron chi connectivity index (χ3n) is 5.13. The predicted octanol–water partition coefficient (Wildman–Crippen LogP) is 2.69. The van der Waals surface area contributed by atoms with Gasteiger partial charge in [0.05, 0.1) is 5.52 Å². The van der Waals surface area contributed by atoms with Crippen molar-refractivity contribution in [1.29, 1.82) is 0 Å². The fraction of sp³-hybridized carbons (Fsp3) is 0.474. The van der Waals surface area contributed by atoms with Crippen molar-refractivity contribution >= 4 is 17.0 Å². The minimum absolute atomic E-state index is 0.0257. The average molecular weight is 439 g/mol. The number of carbonyl (C=O) groups excluding carboxylic acids is 1. The number of imidazole rings is 1. The fourth-order valence-electron chi connectivity index (χ4n) is 3.70. The molecule has 1 aromatic carbocycles. The first-order chi connectivity index (χ1) is 14.7. The maximum absolute atomic E-state index is 13.2. The van der Waals surface area contributed by atoms with Crippen LogP contribution < -0.4 is 15.7 Å². The maximum Gasteiger partial charge on any atom is 0.491 e. The Morgan fingerprint density at radius 3 is 2.65 bits per heavy atom. The number of alkyl halides is 3. The zero-order valence-electron chi connectivity index (χ0n) is 16.8. The number of esters is 1. The summed E-state index contributed by atoms with van der Waals surface area (Å²) in [6, 6.07) is 3.65. The number of aromatic nitrogens is 4. The minimum atomic E-state index is -5.18. The normalized spacial score (nSPS) is 15.7. The first-order valence-corrected chi connectivity index (χ1v) is 9.78. The first kappa shape index (κ1) is 21.1. The quantitative estimate of drug-likeness (QED) is 0.492. The maximum atomic E-state index is 13.2. The van der Waals surface area contributed by atoms with Crippen molar-refractivity contribution < 1.29 is 27.2 Å². The number of carbonyl (C=O) groups is 1. The number of benzene rings is 1. The van der Waals surface area contributed by atoms with E-state index < -0.39 is 23.9 Å². The van der Waals surface area contributed by atoms with Crippen LogP contribution in [0.4, 0.5) is 13.2 Å². The van der Waals surface area contributed by atoms with Gasteiger partial charge in [-0.15, -0.1) is 0 Å². The van der Waals surface area contributed by atoms with Gasteiger partial charge in [-0.25, -0.2) is 14.2 Å². The highest BCUT2D eigenvalue weighted by atomic mass is 19.4. The summed E-state index contributed by atoms with van der Waals surface area (Å²) in [4.78, 5) is 29.0. The molecule has 0 atom stereocenters. The van der Waals surface area contributed by atoms with Crippen LogP contribution in [0, 0.1) is 0 Å². The molecule has 31 heavy (non-hydrogen) atoms. The number of nitrogens with zero attached hydrogens (tertiary/aromatic N) is 4. The monoisotopic (exact) mass is 439 g/mol. The summed E-state index contributed by atoms with van der Waals surface area (Å²) in [7, 11) is 0. The van der Waals surface area contributed by atoms with Gasteiger partial charge in [0.2, 0.25) is 5.89 Å². The Balaban J connectivity index is 1.85. The van der Waals surface area contributed by atoms with Crippen molar-refractivity contribution in [3.63, 3.8) is 0 Å². The molecular formula is C19H20F3N5O4. The van der Waals surface area contributed by atoms with E-state index in [4.69, 9.17) is 4.52 Å². The minimum Gasteiger partial charge on any atom is -0.418 e. The lowest BCUT2D eigenvalue weighted by Crippen LogP contribution is -2.28. The summed E-state index contributed by atoms with van der Waals surface area (Å²) in [6.07, 6.45) is -3.56. The van der Waals surface area contributed by atoms with Gasteiger partial charge in [-0.1, -0.05) is 6.07 Å². The molecular weight excluding hydrogens is 419 g/mol. The Labute approximate surface area is 173 Å². The molecule has 1 saturated heterocycles. The van der Waals surface area contributed by atoms with Crippen molar-refractivity contribution in [1.82, 2.24) is 24.6 Å². The Morgan fingerprint density at radius 2 is 2.00 bits per heavy atom. The van der Waals surface area contributed by atoms with Gasteiger partial charge in [0.1, 0.15) is 5.52 Å². The Bertz CT molecular complexity index is 1170. The van der Waals surface area contributed by atoms with Crippen LogP contribution in [0.3, 0.4) is 0 Å². The molecule has 1 fully saturated rings. The van der Waals surface area contributed by atoms with Crippen LogP contribution in [0.25, 0.3) is 17.0 Å². The molecule has 3 aromatic rings. The zero-order valence-corrected chi connectivity index (χ0v) is 16.8. The molecule has 0 saturated carbocycles. The van der Waals surface area contributed by atoms with Crippen LogP contribution in [0.15, 0.2) is 27.5 Å². The van der Waals surface area contributed by atoms with E-state index in [9.17, 15) is 22.8 Å². The van der Waals surface area contributed by atoms with Crippen LogP contribution in [-0.2, 0) is 4.79 Å². The fourth-order valence-corrected chi connectivity index (χ4v) is 3.70. The standard InChI is InChI=1S/C19H20F3N5O4/c1-10(2)26-14-12(4-3-5-13(14)30-16(28)19(20,21)22)27(18(26)29)17-24-15(31-25-17)11-6-8-23-9-7-11/h3-5,10-11,23H,6-9H2,1-2H3. The second-order valence-corrected chi connectivity index (χ2v) is 7.55. The van der Waals surface area contributed by atoms with Crippen LogP contribution in [0.1, 0.15) is 44.5 Å². The molecule has 0 amide bonds. The topological polar surface area (TPSA) is 104 Å². The lowest BCUT2D eigenvalue weighted by molar-refractivity contribution is -0.189.